The first-order valence-electron chi connectivity index (χ1n) is 15.6. The smallest absolute Gasteiger partial charge is 0.272 e. The molecule has 5 aromatic carbocycles. The van der Waals surface area contributed by atoms with Crippen LogP contribution in [-0.2, 0) is 9.59 Å². The molecule has 3 N–H and O–H groups in total. The third-order valence-electron chi connectivity index (χ3n) is 7.47. The maximum absolute atomic E-state index is 13.7. The van der Waals surface area contributed by atoms with E-state index in [0.29, 0.717) is 16.4 Å². The van der Waals surface area contributed by atoms with Crippen molar-refractivity contribution in [3.05, 3.63) is 167 Å². The minimum absolute atomic E-state index is 0.0988. The van der Waals surface area contributed by atoms with Crippen molar-refractivity contribution < 1.29 is 19.1 Å². The number of nitrogens with zero attached hydrogens (tertiary/aromatic N) is 1. The second kappa shape index (κ2) is 16.4. The molecule has 0 fully saturated rings. The van der Waals surface area contributed by atoms with E-state index in [1.165, 1.54) is 23.1 Å². The van der Waals surface area contributed by atoms with Crippen LogP contribution >= 0.6 is 23.1 Å². The molecule has 1 unspecified atom stereocenters. The Bertz CT molecular complexity index is 2090. The molecule has 0 bridgehead atoms. The van der Waals surface area contributed by atoms with Crippen molar-refractivity contribution in [1.29, 1.82) is 0 Å². The highest BCUT2D eigenvalue weighted by Crippen LogP contribution is 2.37. The Morgan fingerprint density at radius 2 is 1.40 bits per heavy atom. The molecule has 6 aromatic rings. The number of benzene rings is 5. The van der Waals surface area contributed by atoms with Gasteiger partial charge in [-0.15, -0.1) is 23.1 Å². The van der Waals surface area contributed by atoms with E-state index in [9.17, 15) is 14.4 Å². The SMILES string of the molecule is COc1ccc(-c2csc(NC(=O)C(Sc3ccc(NC(=O)/C(=C/c4ccccc4)NC(=O)c4ccccc4)cc3)c3ccccc3)n2)cc1. The van der Waals surface area contributed by atoms with Gasteiger partial charge in [-0.05, 0) is 77.9 Å². The Labute approximate surface area is 298 Å². The van der Waals surface area contributed by atoms with Crippen LogP contribution in [0.15, 0.2) is 155 Å². The van der Waals surface area contributed by atoms with Crippen LogP contribution in [0.3, 0.4) is 0 Å². The van der Waals surface area contributed by atoms with Crippen LogP contribution in [0.4, 0.5) is 10.8 Å². The summed E-state index contributed by atoms with van der Waals surface area (Å²) in [7, 11) is 1.62. The van der Waals surface area contributed by atoms with Crippen molar-refractivity contribution in [2.75, 3.05) is 17.7 Å². The number of carbonyl (C=O) groups excluding carboxylic acids is 3. The lowest BCUT2D eigenvalue weighted by atomic mass is 10.1. The molecule has 6 rings (SSSR count). The first-order chi connectivity index (χ1) is 24.4. The predicted molar refractivity (Wildman–Crippen MR) is 201 cm³/mol. The first-order valence-corrected chi connectivity index (χ1v) is 17.4. The van der Waals surface area contributed by atoms with Crippen LogP contribution in [0.1, 0.15) is 26.7 Å². The van der Waals surface area contributed by atoms with E-state index < -0.39 is 17.1 Å². The molecule has 10 heteroatoms. The second-order valence-corrected chi connectivity index (χ2v) is 13.0. The van der Waals surface area contributed by atoms with Crippen LogP contribution in [0, 0.1) is 0 Å². The Kier molecular flexibility index (Phi) is 11.1. The molecule has 50 heavy (non-hydrogen) atoms. The summed E-state index contributed by atoms with van der Waals surface area (Å²) in [4.78, 5) is 45.6. The van der Waals surface area contributed by atoms with Crippen LogP contribution in [0.25, 0.3) is 17.3 Å². The van der Waals surface area contributed by atoms with Gasteiger partial charge in [-0.1, -0.05) is 78.9 Å². The lowest BCUT2D eigenvalue weighted by molar-refractivity contribution is -0.116. The third-order valence-corrected chi connectivity index (χ3v) is 9.49. The van der Waals surface area contributed by atoms with E-state index in [0.717, 1.165) is 33.0 Å². The maximum atomic E-state index is 13.7. The van der Waals surface area contributed by atoms with E-state index >= 15 is 0 Å². The van der Waals surface area contributed by atoms with Gasteiger partial charge < -0.3 is 20.7 Å². The summed E-state index contributed by atoms with van der Waals surface area (Å²) in [5.41, 5.74) is 4.34. The number of hydrogen-bond acceptors (Lipinski definition) is 7. The molecule has 0 radical (unpaired) electrons. The van der Waals surface area contributed by atoms with Gasteiger partial charge in [0.1, 0.15) is 16.7 Å². The number of aromatic nitrogens is 1. The van der Waals surface area contributed by atoms with Crippen molar-refractivity contribution >= 4 is 57.7 Å². The predicted octanol–water partition coefficient (Wildman–Crippen LogP) is 8.70. The molecule has 0 aliphatic heterocycles. The fraction of sp³-hybridized carbons (Fsp3) is 0.0500. The number of amides is 3. The standard InChI is InChI=1S/C40H32N4O4S2/c1-48-32-21-17-28(18-22-32)35-26-49-40(43-35)44-39(47)36(29-13-7-3-8-14-29)50-33-23-19-31(20-24-33)41-38(46)34(25-27-11-5-2-6-12-27)42-37(45)30-15-9-4-10-16-30/h2-26,36H,1H3,(H,41,46)(H,42,45)(H,43,44,47)/b34-25-. The summed E-state index contributed by atoms with van der Waals surface area (Å²) < 4.78 is 5.25. The number of rotatable bonds is 12. The van der Waals surface area contributed by atoms with E-state index in [-0.39, 0.29) is 11.6 Å². The molecule has 0 saturated carbocycles. The lowest BCUT2D eigenvalue weighted by Crippen LogP contribution is -2.30. The molecule has 0 aliphatic carbocycles. The van der Waals surface area contributed by atoms with Gasteiger partial charge in [0.05, 0.1) is 12.8 Å². The molecular formula is C40H32N4O4S2. The molecule has 3 amide bonds. The number of thiazole rings is 1. The Morgan fingerprint density at radius 3 is 2.06 bits per heavy atom. The highest BCUT2D eigenvalue weighted by molar-refractivity contribution is 8.00. The monoisotopic (exact) mass is 696 g/mol. The van der Waals surface area contributed by atoms with Crippen molar-refractivity contribution in [2.45, 2.75) is 10.1 Å². The molecular weight excluding hydrogens is 665 g/mol. The van der Waals surface area contributed by atoms with Gasteiger partial charge in [0.25, 0.3) is 11.8 Å². The second-order valence-electron chi connectivity index (χ2n) is 10.9. The van der Waals surface area contributed by atoms with Gasteiger partial charge in [0, 0.05) is 27.1 Å². The van der Waals surface area contributed by atoms with Crippen LogP contribution < -0.4 is 20.7 Å². The molecule has 0 saturated heterocycles. The molecule has 1 aromatic heterocycles. The number of methoxy groups -OCH3 is 1. The number of nitrogens with one attached hydrogen (secondary N) is 3. The highest BCUT2D eigenvalue weighted by Gasteiger charge is 2.23. The summed E-state index contributed by atoms with van der Waals surface area (Å²) in [5, 5.41) is 10.5. The highest BCUT2D eigenvalue weighted by atomic mass is 32.2. The number of carbonyl (C=O) groups is 3. The maximum Gasteiger partial charge on any atom is 0.272 e. The number of hydrogen-bond donors (Lipinski definition) is 3. The van der Waals surface area contributed by atoms with Crippen LogP contribution in [-0.4, -0.2) is 29.8 Å². The van der Waals surface area contributed by atoms with Gasteiger partial charge in [0.15, 0.2) is 5.13 Å². The summed E-state index contributed by atoms with van der Waals surface area (Å²) in [6, 6.07) is 42.4. The zero-order valence-electron chi connectivity index (χ0n) is 26.9. The van der Waals surface area contributed by atoms with Gasteiger partial charge in [-0.2, -0.15) is 0 Å². The molecule has 8 nitrogen and oxygen atoms in total. The van der Waals surface area contributed by atoms with E-state index in [1.54, 1.807) is 49.6 Å². The quantitative estimate of drug-likeness (QED) is 0.0873. The third kappa shape index (κ3) is 8.93. The summed E-state index contributed by atoms with van der Waals surface area (Å²) >= 11 is 2.75. The number of thioether (sulfide) groups is 1. The fourth-order valence-corrected chi connectivity index (χ4v) is 6.65. The molecule has 0 aliphatic rings. The summed E-state index contributed by atoms with van der Waals surface area (Å²) in [6.07, 6.45) is 1.63. The summed E-state index contributed by atoms with van der Waals surface area (Å²) in [5.74, 6) is -0.321. The van der Waals surface area contributed by atoms with E-state index in [2.05, 4.69) is 20.9 Å². The minimum Gasteiger partial charge on any atom is -0.497 e. The number of ether oxygens (including phenoxy) is 1. The first kappa shape index (κ1) is 33.9. The average molecular weight is 697 g/mol. The Morgan fingerprint density at radius 1 is 0.760 bits per heavy atom. The van der Waals surface area contributed by atoms with Crippen molar-refractivity contribution in [1.82, 2.24) is 10.3 Å². The van der Waals surface area contributed by atoms with Crippen LogP contribution in [0.2, 0.25) is 0 Å². The largest absolute Gasteiger partial charge is 0.497 e. The van der Waals surface area contributed by atoms with Crippen molar-refractivity contribution in [3.8, 4) is 17.0 Å². The molecule has 1 heterocycles. The topological polar surface area (TPSA) is 109 Å². The van der Waals surface area contributed by atoms with E-state index in [1.807, 2.05) is 109 Å². The molecule has 0 spiro atoms. The fourth-order valence-electron chi connectivity index (χ4n) is 4.91. The van der Waals surface area contributed by atoms with E-state index in [4.69, 9.17) is 4.74 Å². The van der Waals surface area contributed by atoms with Crippen molar-refractivity contribution in [2.24, 2.45) is 0 Å². The van der Waals surface area contributed by atoms with Gasteiger partial charge in [-0.3, -0.25) is 14.4 Å². The Balaban J connectivity index is 1.15. The zero-order valence-corrected chi connectivity index (χ0v) is 28.5. The lowest BCUT2D eigenvalue weighted by Gasteiger charge is -2.17. The van der Waals surface area contributed by atoms with Gasteiger partial charge in [-0.25, -0.2) is 4.98 Å². The van der Waals surface area contributed by atoms with Crippen LogP contribution in [0.5, 0.6) is 5.75 Å². The minimum atomic E-state index is -0.571. The Hall–Kier alpha value is -5.97. The molecule has 1 atom stereocenters. The zero-order chi connectivity index (χ0) is 34.7. The van der Waals surface area contributed by atoms with Gasteiger partial charge in [0.2, 0.25) is 5.91 Å². The van der Waals surface area contributed by atoms with Crippen molar-refractivity contribution in [3.63, 3.8) is 0 Å². The number of anilines is 2. The molecule has 248 valence electrons. The summed E-state index contributed by atoms with van der Waals surface area (Å²) in [6.45, 7) is 0. The normalized spacial score (nSPS) is 11.7. The van der Waals surface area contributed by atoms with Gasteiger partial charge >= 0.3 is 0 Å². The average Bonchev–Trinajstić information content (AvgIpc) is 3.63.